The lowest BCUT2D eigenvalue weighted by Gasteiger charge is -2.62. The van der Waals surface area contributed by atoms with Gasteiger partial charge in [0, 0.05) is 46.4 Å². The first-order chi connectivity index (χ1) is 25.0. The minimum atomic E-state index is -1.12. The van der Waals surface area contributed by atoms with Gasteiger partial charge in [0.2, 0.25) is 0 Å². The number of anilines is 4. The van der Waals surface area contributed by atoms with Crippen molar-refractivity contribution in [2.75, 3.05) is 34.5 Å². The Hall–Kier alpha value is -4.54. The van der Waals surface area contributed by atoms with Crippen molar-refractivity contribution < 1.29 is 29.3 Å². The summed E-state index contributed by atoms with van der Waals surface area (Å²) in [6.07, 6.45) is 3.76. The third-order valence-electron chi connectivity index (χ3n) is 10.9. The monoisotopic (exact) mass is 706 g/mol. The molecule has 0 saturated heterocycles. The van der Waals surface area contributed by atoms with E-state index in [1.54, 1.807) is 0 Å². The van der Waals surface area contributed by atoms with Crippen LogP contribution in [0.15, 0.2) is 60.7 Å². The molecule has 0 spiro atoms. The second kappa shape index (κ2) is 14.5. The number of rotatable bonds is 14. The lowest BCUT2D eigenvalue weighted by atomic mass is 9.62. The molecule has 4 N–H and O–H groups in total. The fourth-order valence-corrected chi connectivity index (χ4v) is 8.27. The Bertz CT molecular complexity index is 1910. The first kappa shape index (κ1) is 35.8. The van der Waals surface area contributed by atoms with Crippen LogP contribution in [0.3, 0.4) is 0 Å². The Balaban J connectivity index is 1.15. The number of hydrogen-bond acceptors (Lipinski definition) is 10. The quantitative estimate of drug-likeness (QED) is 0.0827. The van der Waals surface area contributed by atoms with Crippen molar-refractivity contribution >= 4 is 56.2 Å². The molecule has 0 bridgehead atoms. The van der Waals surface area contributed by atoms with Gasteiger partial charge < -0.3 is 41.0 Å². The largest absolute Gasteiger partial charge is 0.851 e. The summed E-state index contributed by atoms with van der Waals surface area (Å²) >= 11 is 0. The maximum Gasteiger partial charge on any atom is 0.305 e. The Kier molecular flexibility index (Phi) is 9.97. The predicted molar refractivity (Wildman–Crippen MR) is 202 cm³/mol. The summed E-state index contributed by atoms with van der Waals surface area (Å²) in [6, 6.07) is 19.5. The average Bonchev–Trinajstić information content (AvgIpc) is 3.12. The molecule has 0 amide bonds. The second-order valence-corrected chi connectivity index (χ2v) is 15.3. The van der Waals surface area contributed by atoms with Crippen molar-refractivity contribution in [3.05, 3.63) is 71.8 Å². The molecule has 1 aliphatic carbocycles. The smallest absolute Gasteiger partial charge is 0.305 e. The summed E-state index contributed by atoms with van der Waals surface area (Å²) in [4.78, 5) is 25.4. The van der Waals surface area contributed by atoms with E-state index in [1.807, 2.05) is 60.7 Å². The van der Waals surface area contributed by atoms with Gasteiger partial charge in [-0.15, -0.1) is 12.2 Å². The van der Waals surface area contributed by atoms with Gasteiger partial charge in [-0.05, 0) is 84.7 Å². The maximum atomic E-state index is 14.2. The van der Waals surface area contributed by atoms with Crippen LogP contribution < -0.4 is 31.5 Å². The molecule has 0 aromatic heterocycles. The van der Waals surface area contributed by atoms with Crippen molar-refractivity contribution in [3.63, 3.8) is 0 Å². The van der Waals surface area contributed by atoms with E-state index in [1.165, 1.54) is 0 Å². The molecule has 1 fully saturated rings. The normalized spacial score (nSPS) is 22.0. The van der Waals surface area contributed by atoms with Crippen LogP contribution >= 0.6 is 0 Å². The maximum absolute atomic E-state index is 14.2. The molecule has 0 radical (unpaired) electrons. The number of nitrogens with one attached hydrogen (secondary N) is 4. The van der Waals surface area contributed by atoms with Gasteiger partial charge in [-0.1, -0.05) is 75.9 Å². The number of carbonyl (C=O) groups is 2. The Labute approximate surface area is 305 Å². The van der Waals surface area contributed by atoms with E-state index in [9.17, 15) is 19.8 Å². The zero-order chi connectivity index (χ0) is 36.6. The topological polar surface area (TPSA) is 147 Å². The zero-order valence-corrected chi connectivity index (χ0v) is 30.6. The molecule has 4 aromatic rings. The van der Waals surface area contributed by atoms with Crippen molar-refractivity contribution in [1.82, 2.24) is 0 Å². The van der Waals surface area contributed by atoms with Gasteiger partial charge in [0.05, 0.1) is 0 Å². The number of hydrogen-bond donors (Lipinski definition) is 4. The highest BCUT2D eigenvalue weighted by Crippen LogP contribution is 2.52. The number of esters is 2. The number of unbranched alkanes of at least 4 members (excludes halogenated alkanes) is 4. The molecule has 3 aliphatic rings. The number of ether oxygens (including phenoxy) is 2. The molecule has 4 aromatic carbocycles. The summed E-state index contributed by atoms with van der Waals surface area (Å²) in [5.74, 6) is -2.02. The van der Waals surface area contributed by atoms with E-state index in [0.29, 0.717) is 12.8 Å². The number of carbonyl (C=O) groups excluding carboxylic acids is 2. The average molecular weight is 707 g/mol. The van der Waals surface area contributed by atoms with E-state index >= 15 is 0 Å². The minimum absolute atomic E-state index is 0.0651. The fourth-order valence-electron chi connectivity index (χ4n) is 8.27. The van der Waals surface area contributed by atoms with Gasteiger partial charge >= 0.3 is 11.9 Å². The van der Waals surface area contributed by atoms with Crippen LogP contribution in [0.4, 0.5) is 22.7 Å². The van der Waals surface area contributed by atoms with E-state index in [4.69, 9.17) is 9.47 Å². The molecule has 7 rings (SSSR count). The van der Waals surface area contributed by atoms with E-state index in [2.05, 4.69) is 49.0 Å². The fraction of sp³-hybridized carbons (Fsp3) is 0.476. The summed E-state index contributed by atoms with van der Waals surface area (Å²) < 4.78 is 11.5. The third-order valence-corrected chi connectivity index (χ3v) is 10.9. The Morgan fingerprint density at radius 2 is 1.04 bits per heavy atom. The lowest BCUT2D eigenvalue weighted by molar-refractivity contribution is -0.535. The molecule has 10 nitrogen and oxygen atoms in total. The highest BCUT2D eigenvalue weighted by molar-refractivity contribution is 6.08. The van der Waals surface area contributed by atoms with Crippen molar-refractivity contribution in [2.24, 2.45) is 0 Å². The molecule has 52 heavy (non-hydrogen) atoms. The van der Waals surface area contributed by atoms with Crippen molar-refractivity contribution in [2.45, 2.75) is 114 Å². The van der Waals surface area contributed by atoms with Crippen LogP contribution in [0.1, 0.15) is 102 Å². The van der Waals surface area contributed by atoms with E-state index in [-0.39, 0.29) is 30.8 Å². The molecule has 10 heteroatoms. The van der Waals surface area contributed by atoms with E-state index < -0.39 is 29.7 Å². The molecule has 2 aliphatic heterocycles. The standard InChI is InChI=1S/C42H50N4O6/c1-5-7-9-17-33(47)51-23-42(24-52-34(48)18-10-8-6-2)45-30-16-12-14-26-28(20-22-32(46-42)36(26)30)38-39(49)37(40(38)50)27-19-21-31-35-25(27)13-11-15-29(35)43-41(3,4)44-31/h11-16,19-22,37-40,43-46H,5-10,17-18,23-24H2,1-4H3/q-2. The zero-order valence-electron chi connectivity index (χ0n) is 30.6. The summed E-state index contributed by atoms with van der Waals surface area (Å²) in [5.41, 5.74) is 3.53. The SMILES string of the molecule is CCCCCC(=O)OCC1(COC(=O)CCCCC)Nc2cccc3c(C4C([O-])C(c5ccc6c7c(cccc57)NC(C)(C)N6)C4[O-])ccc(c23)N1. The van der Waals surface area contributed by atoms with Crippen LogP contribution in [-0.2, 0) is 19.1 Å². The number of benzene rings is 4. The second-order valence-electron chi connectivity index (χ2n) is 15.3. The molecule has 1 saturated carbocycles. The van der Waals surface area contributed by atoms with Gasteiger partial charge in [-0.2, -0.15) is 0 Å². The van der Waals surface area contributed by atoms with Crippen LogP contribution in [-0.4, -0.2) is 48.7 Å². The van der Waals surface area contributed by atoms with Gasteiger partial charge in [0.1, 0.15) is 18.9 Å². The molecule has 2 atom stereocenters. The molecule has 2 heterocycles. The highest BCUT2D eigenvalue weighted by atomic mass is 16.6. The lowest BCUT2D eigenvalue weighted by Crippen LogP contribution is -2.63. The van der Waals surface area contributed by atoms with Gasteiger partial charge in [0.15, 0.2) is 5.66 Å². The van der Waals surface area contributed by atoms with Crippen LogP contribution in [0.25, 0.3) is 21.5 Å². The molecule has 2 unspecified atom stereocenters. The van der Waals surface area contributed by atoms with Gasteiger partial charge in [-0.3, -0.25) is 9.59 Å². The van der Waals surface area contributed by atoms with Crippen molar-refractivity contribution in [3.8, 4) is 0 Å². The molecular weight excluding hydrogens is 656 g/mol. The van der Waals surface area contributed by atoms with Crippen LogP contribution in [0.5, 0.6) is 0 Å². The van der Waals surface area contributed by atoms with Gasteiger partial charge in [0.25, 0.3) is 0 Å². The summed E-state index contributed by atoms with van der Waals surface area (Å²) in [5, 5.41) is 46.0. The molecule has 276 valence electrons. The van der Waals surface area contributed by atoms with Crippen LogP contribution in [0.2, 0.25) is 0 Å². The highest BCUT2D eigenvalue weighted by Gasteiger charge is 2.42. The summed E-state index contributed by atoms with van der Waals surface area (Å²) in [7, 11) is 0. The minimum Gasteiger partial charge on any atom is -0.851 e. The Morgan fingerprint density at radius 1 is 0.615 bits per heavy atom. The third kappa shape index (κ3) is 6.74. The van der Waals surface area contributed by atoms with E-state index in [0.717, 1.165) is 93.9 Å². The van der Waals surface area contributed by atoms with Crippen molar-refractivity contribution in [1.29, 1.82) is 0 Å². The van der Waals surface area contributed by atoms with Gasteiger partial charge in [-0.25, -0.2) is 0 Å². The summed E-state index contributed by atoms with van der Waals surface area (Å²) in [6.45, 7) is 8.17. The van der Waals surface area contributed by atoms with Crippen LogP contribution in [0, 0.1) is 0 Å². The first-order valence-electron chi connectivity index (χ1n) is 18.9. The molecular formula is C42H50N4O6-2. The first-order valence-corrected chi connectivity index (χ1v) is 18.9. The predicted octanol–water partition coefficient (Wildman–Crippen LogP) is 6.69. The Morgan fingerprint density at radius 3 is 1.50 bits per heavy atom.